The number of carbonyl (C=O) groups excluding carboxylic acids is 2. The Morgan fingerprint density at radius 3 is 2.62 bits per heavy atom. The summed E-state index contributed by atoms with van der Waals surface area (Å²) in [6, 6.07) is 0.327. The molecular formula is C15H27N3O3. The number of esters is 1. The zero-order valence-corrected chi connectivity index (χ0v) is 12.8. The minimum atomic E-state index is -0.313. The molecule has 6 nitrogen and oxygen atoms in total. The van der Waals surface area contributed by atoms with Crippen LogP contribution in [0.15, 0.2) is 0 Å². The summed E-state index contributed by atoms with van der Waals surface area (Å²) in [5, 5.41) is 3.60. The summed E-state index contributed by atoms with van der Waals surface area (Å²) in [5.41, 5.74) is 5.30. The summed E-state index contributed by atoms with van der Waals surface area (Å²) in [7, 11) is 1.42. The average molecular weight is 297 g/mol. The van der Waals surface area contributed by atoms with E-state index in [1.54, 1.807) is 0 Å². The fraction of sp³-hybridized carbons (Fsp3) is 0.867. The molecule has 0 bridgehead atoms. The van der Waals surface area contributed by atoms with E-state index in [4.69, 9.17) is 10.5 Å². The highest BCUT2D eigenvalue weighted by Gasteiger charge is 2.30. The molecule has 1 heterocycles. The highest BCUT2D eigenvalue weighted by molar-refractivity contribution is 5.76. The molecule has 3 N–H and O–H groups in total. The van der Waals surface area contributed by atoms with Gasteiger partial charge in [0.15, 0.2) is 0 Å². The van der Waals surface area contributed by atoms with Crippen molar-refractivity contribution < 1.29 is 14.3 Å². The first-order valence-electron chi connectivity index (χ1n) is 7.87. The molecule has 1 saturated heterocycles. The van der Waals surface area contributed by atoms with Crippen LogP contribution >= 0.6 is 0 Å². The van der Waals surface area contributed by atoms with Crippen molar-refractivity contribution in [2.24, 2.45) is 17.6 Å². The molecule has 6 heteroatoms. The van der Waals surface area contributed by atoms with Gasteiger partial charge in [0.05, 0.1) is 13.7 Å². The molecule has 0 aromatic carbocycles. The second kappa shape index (κ2) is 7.75. The second-order valence-electron chi connectivity index (χ2n) is 6.44. The fourth-order valence-corrected chi connectivity index (χ4v) is 3.30. The van der Waals surface area contributed by atoms with E-state index in [0.29, 0.717) is 12.5 Å². The number of amides is 1. The number of nitrogens with zero attached hydrogens (tertiary/aromatic N) is 1. The van der Waals surface area contributed by atoms with Crippen molar-refractivity contribution in [1.29, 1.82) is 0 Å². The minimum absolute atomic E-state index is 0.182. The van der Waals surface area contributed by atoms with Crippen LogP contribution in [-0.2, 0) is 14.3 Å². The maximum Gasteiger partial charge on any atom is 0.305 e. The van der Waals surface area contributed by atoms with Crippen molar-refractivity contribution in [1.82, 2.24) is 10.2 Å². The van der Waals surface area contributed by atoms with Gasteiger partial charge in [0, 0.05) is 25.6 Å². The molecule has 2 fully saturated rings. The minimum Gasteiger partial charge on any atom is -0.469 e. The standard InChI is InChI=1S/C15H27N3O3/c1-21-15(20)6-12-5-13(17-7-11-3-2-4-11)9-18(8-12)10-14(16)19/h11-13,17H,2-10H2,1H3,(H2,16,19). The number of primary amides is 1. The highest BCUT2D eigenvalue weighted by atomic mass is 16.5. The Balaban J connectivity index is 1.85. The summed E-state index contributed by atoms with van der Waals surface area (Å²) in [6.45, 7) is 2.87. The van der Waals surface area contributed by atoms with Gasteiger partial charge in [0.1, 0.15) is 0 Å². The topological polar surface area (TPSA) is 84.7 Å². The van der Waals surface area contributed by atoms with E-state index in [0.717, 1.165) is 32.0 Å². The molecule has 1 aliphatic carbocycles. The monoisotopic (exact) mass is 297 g/mol. The van der Waals surface area contributed by atoms with Crippen LogP contribution < -0.4 is 11.1 Å². The van der Waals surface area contributed by atoms with Gasteiger partial charge in [0.2, 0.25) is 5.91 Å². The number of likely N-dealkylation sites (tertiary alicyclic amines) is 1. The zero-order chi connectivity index (χ0) is 15.2. The van der Waals surface area contributed by atoms with Crippen LogP contribution in [0.5, 0.6) is 0 Å². The van der Waals surface area contributed by atoms with E-state index in [1.165, 1.54) is 26.4 Å². The second-order valence-corrected chi connectivity index (χ2v) is 6.44. The third-order valence-corrected chi connectivity index (χ3v) is 4.60. The maximum absolute atomic E-state index is 11.5. The van der Waals surface area contributed by atoms with E-state index in [-0.39, 0.29) is 24.3 Å². The van der Waals surface area contributed by atoms with E-state index < -0.39 is 0 Å². The summed E-state index contributed by atoms with van der Waals surface area (Å²) >= 11 is 0. The third-order valence-electron chi connectivity index (χ3n) is 4.60. The smallest absolute Gasteiger partial charge is 0.305 e. The highest BCUT2D eigenvalue weighted by Crippen LogP contribution is 2.26. The van der Waals surface area contributed by atoms with Gasteiger partial charge < -0.3 is 15.8 Å². The predicted molar refractivity (Wildman–Crippen MR) is 79.5 cm³/mol. The first kappa shape index (κ1) is 16.2. The van der Waals surface area contributed by atoms with Gasteiger partial charge in [-0.15, -0.1) is 0 Å². The van der Waals surface area contributed by atoms with Crippen LogP contribution in [0.2, 0.25) is 0 Å². The molecule has 0 aromatic heterocycles. The van der Waals surface area contributed by atoms with Gasteiger partial charge >= 0.3 is 5.97 Å². The normalized spacial score (nSPS) is 27.1. The van der Waals surface area contributed by atoms with Crippen LogP contribution in [-0.4, -0.2) is 56.1 Å². The van der Waals surface area contributed by atoms with Crippen LogP contribution in [0.25, 0.3) is 0 Å². The van der Waals surface area contributed by atoms with Crippen molar-refractivity contribution in [3.05, 3.63) is 0 Å². The van der Waals surface area contributed by atoms with E-state index >= 15 is 0 Å². The molecule has 1 aliphatic heterocycles. The van der Waals surface area contributed by atoms with Crippen LogP contribution in [0.3, 0.4) is 0 Å². The first-order valence-corrected chi connectivity index (χ1v) is 7.87. The molecular weight excluding hydrogens is 270 g/mol. The van der Waals surface area contributed by atoms with Gasteiger partial charge in [0.25, 0.3) is 0 Å². The van der Waals surface area contributed by atoms with Gasteiger partial charge in [-0.25, -0.2) is 0 Å². The Bertz CT molecular complexity index is 371. The Labute approximate surface area is 126 Å². The van der Waals surface area contributed by atoms with Crippen molar-refractivity contribution in [3.63, 3.8) is 0 Å². The molecule has 0 spiro atoms. The Morgan fingerprint density at radius 2 is 2.05 bits per heavy atom. The fourth-order valence-electron chi connectivity index (χ4n) is 3.30. The molecule has 2 rings (SSSR count). The number of ether oxygens (including phenoxy) is 1. The third kappa shape index (κ3) is 5.28. The number of hydrogen-bond acceptors (Lipinski definition) is 5. The molecule has 0 radical (unpaired) electrons. The molecule has 1 saturated carbocycles. The van der Waals surface area contributed by atoms with Gasteiger partial charge in [-0.1, -0.05) is 6.42 Å². The summed E-state index contributed by atoms with van der Waals surface area (Å²) in [6.07, 6.45) is 5.34. The molecule has 2 atom stereocenters. The van der Waals surface area contributed by atoms with Gasteiger partial charge in [-0.3, -0.25) is 14.5 Å². The number of nitrogens with two attached hydrogens (primary N) is 1. The quantitative estimate of drug-likeness (QED) is 0.652. The van der Waals surface area contributed by atoms with Crippen LogP contribution in [0, 0.1) is 11.8 Å². The number of carbonyl (C=O) groups is 2. The summed E-state index contributed by atoms with van der Waals surface area (Å²) < 4.78 is 4.76. The van der Waals surface area contributed by atoms with E-state index in [2.05, 4.69) is 10.2 Å². The Kier molecular flexibility index (Phi) is 5.99. The van der Waals surface area contributed by atoms with Crippen LogP contribution in [0.4, 0.5) is 0 Å². The number of methoxy groups -OCH3 is 1. The van der Waals surface area contributed by atoms with Gasteiger partial charge in [-0.2, -0.15) is 0 Å². The lowest BCUT2D eigenvalue weighted by Gasteiger charge is -2.38. The molecule has 2 aliphatic rings. The number of nitrogens with one attached hydrogen (secondary N) is 1. The van der Waals surface area contributed by atoms with Crippen molar-refractivity contribution in [2.45, 2.75) is 38.1 Å². The molecule has 120 valence electrons. The lowest BCUT2D eigenvalue weighted by Crippen LogP contribution is -2.52. The predicted octanol–water partition coefficient (Wildman–Crippen LogP) is 0.115. The lowest BCUT2D eigenvalue weighted by molar-refractivity contribution is -0.142. The molecule has 0 aromatic rings. The van der Waals surface area contributed by atoms with E-state index in [1.807, 2.05) is 0 Å². The van der Waals surface area contributed by atoms with Crippen molar-refractivity contribution in [2.75, 3.05) is 33.3 Å². The van der Waals surface area contributed by atoms with Gasteiger partial charge in [-0.05, 0) is 37.6 Å². The Morgan fingerprint density at radius 1 is 1.29 bits per heavy atom. The summed E-state index contributed by atoms with van der Waals surface area (Å²) in [5.74, 6) is 0.533. The van der Waals surface area contributed by atoms with E-state index in [9.17, 15) is 9.59 Å². The van der Waals surface area contributed by atoms with Crippen molar-refractivity contribution >= 4 is 11.9 Å². The first-order chi connectivity index (χ1) is 10.1. The zero-order valence-electron chi connectivity index (χ0n) is 12.8. The Hall–Kier alpha value is -1.14. The number of rotatable bonds is 7. The van der Waals surface area contributed by atoms with Crippen molar-refractivity contribution in [3.8, 4) is 0 Å². The maximum atomic E-state index is 11.5. The van der Waals surface area contributed by atoms with Crippen LogP contribution in [0.1, 0.15) is 32.1 Å². The number of hydrogen-bond donors (Lipinski definition) is 2. The number of piperidine rings is 1. The molecule has 21 heavy (non-hydrogen) atoms. The molecule has 1 amide bonds. The summed E-state index contributed by atoms with van der Waals surface area (Å²) in [4.78, 5) is 24.7. The largest absolute Gasteiger partial charge is 0.469 e. The SMILES string of the molecule is COC(=O)CC1CC(NCC2CCC2)CN(CC(N)=O)C1. The average Bonchev–Trinajstić information content (AvgIpc) is 2.35. The molecule has 2 unspecified atom stereocenters. The lowest BCUT2D eigenvalue weighted by atomic mass is 9.84.